The van der Waals surface area contributed by atoms with Gasteiger partial charge in [-0.25, -0.2) is 0 Å². The number of hydrogen-bond donors (Lipinski definition) is 1. The van der Waals surface area contributed by atoms with Crippen LogP contribution in [0.5, 0.6) is 0 Å². The second-order valence-electron chi connectivity index (χ2n) is 8.56. The molecule has 0 heterocycles. The largest absolute Gasteiger partial charge is 0.481 e. The number of carbonyl (C=O) groups is 1. The van der Waals surface area contributed by atoms with Gasteiger partial charge in [0.2, 0.25) is 0 Å². The normalized spacial score (nSPS) is 11.8. The quantitative estimate of drug-likeness (QED) is 0.135. The van der Waals surface area contributed by atoms with E-state index in [0.29, 0.717) is 6.42 Å². The van der Waals surface area contributed by atoms with Crippen LogP contribution in [0.25, 0.3) is 0 Å². The van der Waals surface area contributed by atoms with Crippen LogP contribution >= 0.6 is 0 Å². The summed E-state index contributed by atoms with van der Waals surface area (Å²) in [7, 11) is 0. The summed E-state index contributed by atoms with van der Waals surface area (Å²) >= 11 is 0. The summed E-state index contributed by atoms with van der Waals surface area (Å²) in [5, 5.41) is 8.59. The molecule has 0 bridgehead atoms. The zero-order valence-corrected chi connectivity index (χ0v) is 19.5. The number of allylic oxidation sites excluding steroid dienone is 4. The van der Waals surface area contributed by atoms with Crippen LogP contribution in [-0.2, 0) is 4.79 Å². The highest BCUT2D eigenvalue weighted by molar-refractivity contribution is 5.66. The maximum Gasteiger partial charge on any atom is 0.303 e. The molecule has 1 N–H and O–H groups in total. The lowest BCUT2D eigenvalue weighted by Crippen LogP contribution is -1.93. The molecular formula is C27H50O2. The predicted molar refractivity (Wildman–Crippen MR) is 129 cm³/mol. The average molecular weight is 407 g/mol. The van der Waals surface area contributed by atoms with Crippen molar-refractivity contribution in [3.05, 3.63) is 24.3 Å². The molecule has 0 aromatic rings. The summed E-state index contributed by atoms with van der Waals surface area (Å²) in [5.41, 5.74) is 0. The van der Waals surface area contributed by atoms with E-state index in [9.17, 15) is 4.79 Å². The molecule has 0 aromatic carbocycles. The van der Waals surface area contributed by atoms with E-state index in [1.54, 1.807) is 0 Å². The number of unbranched alkanes of at least 4 members (excludes halogenated alkanes) is 17. The highest BCUT2D eigenvalue weighted by Crippen LogP contribution is 2.14. The second-order valence-corrected chi connectivity index (χ2v) is 8.56. The Morgan fingerprint density at radius 2 is 0.931 bits per heavy atom. The zero-order chi connectivity index (χ0) is 21.3. The number of rotatable bonds is 23. The van der Waals surface area contributed by atoms with E-state index in [-0.39, 0.29) is 0 Å². The molecule has 29 heavy (non-hydrogen) atoms. The first-order valence-corrected chi connectivity index (χ1v) is 12.8. The Morgan fingerprint density at radius 1 is 0.552 bits per heavy atom. The van der Waals surface area contributed by atoms with Gasteiger partial charge in [0, 0.05) is 6.42 Å². The van der Waals surface area contributed by atoms with Crippen LogP contribution < -0.4 is 0 Å². The number of aliphatic carboxylic acids is 1. The van der Waals surface area contributed by atoms with Gasteiger partial charge < -0.3 is 5.11 Å². The van der Waals surface area contributed by atoms with E-state index >= 15 is 0 Å². The smallest absolute Gasteiger partial charge is 0.303 e. The Bertz CT molecular complexity index is 384. The molecule has 0 aromatic heterocycles. The predicted octanol–water partition coefficient (Wildman–Crippen LogP) is 9.40. The van der Waals surface area contributed by atoms with Crippen molar-refractivity contribution in [3.8, 4) is 0 Å². The first-order valence-electron chi connectivity index (χ1n) is 12.8. The third-order valence-corrected chi connectivity index (χ3v) is 5.59. The summed E-state index contributed by atoms with van der Waals surface area (Å²) in [5.74, 6) is -0.654. The first kappa shape index (κ1) is 27.9. The minimum Gasteiger partial charge on any atom is -0.481 e. The van der Waals surface area contributed by atoms with E-state index in [1.807, 2.05) is 0 Å². The van der Waals surface area contributed by atoms with Gasteiger partial charge in [-0.1, -0.05) is 121 Å². The van der Waals surface area contributed by atoms with E-state index < -0.39 is 5.97 Å². The Labute approximate surface area is 182 Å². The lowest BCUT2D eigenvalue weighted by molar-refractivity contribution is -0.137. The van der Waals surface area contributed by atoms with Crippen molar-refractivity contribution in [1.82, 2.24) is 0 Å². The summed E-state index contributed by atoms with van der Waals surface area (Å²) < 4.78 is 0. The number of carboxylic acids is 1. The molecule has 0 saturated carbocycles. The van der Waals surface area contributed by atoms with Crippen LogP contribution in [0.1, 0.15) is 142 Å². The Hall–Kier alpha value is -1.05. The van der Waals surface area contributed by atoms with Crippen molar-refractivity contribution in [3.63, 3.8) is 0 Å². The molecule has 0 aliphatic rings. The van der Waals surface area contributed by atoms with Crippen molar-refractivity contribution in [2.45, 2.75) is 142 Å². The van der Waals surface area contributed by atoms with Gasteiger partial charge in [-0.2, -0.15) is 0 Å². The van der Waals surface area contributed by atoms with Crippen LogP contribution in [-0.4, -0.2) is 11.1 Å². The van der Waals surface area contributed by atoms with Gasteiger partial charge in [-0.15, -0.1) is 0 Å². The van der Waals surface area contributed by atoms with Gasteiger partial charge in [0.05, 0.1) is 0 Å². The van der Waals surface area contributed by atoms with Crippen LogP contribution in [0, 0.1) is 0 Å². The van der Waals surface area contributed by atoms with E-state index in [0.717, 1.165) is 19.3 Å². The lowest BCUT2D eigenvalue weighted by atomic mass is 10.0. The molecule has 170 valence electrons. The van der Waals surface area contributed by atoms with E-state index in [2.05, 4.69) is 31.2 Å². The summed E-state index contributed by atoms with van der Waals surface area (Å²) in [4.78, 5) is 10.4. The standard InChI is InChI=1S/C27H50O2/c1-2-3-4-5-6-7-8-9-10-11-12-13-14-15-16-17-18-19-20-21-22-23-24-25-26-27(28)29/h6-7,9-10H,2-5,8,11-26H2,1H3,(H,28,29). The zero-order valence-electron chi connectivity index (χ0n) is 19.5. The van der Waals surface area contributed by atoms with Crippen molar-refractivity contribution >= 4 is 5.97 Å². The highest BCUT2D eigenvalue weighted by Gasteiger charge is 1.97. The molecule has 0 radical (unpaired) electrons. The van der Waals surface area contributed by atoms with Gasteiger partial charge in [-0.3, -0.25) is 4.79 Å². The fourth-order valence-corrected chi connectivity index (χ4v) is 3.68. The third-order valence-electron chi connectivity index (χ3n) is 5.59. The fourth-order valence-electron chi connectivity index (χ4n) is 3.68. The fraction of sp³-hybridized carbons (Fsp3) is 0.815. The highest BCUT2D eigenvalue weighted by atomic mass is 16.4. The molecule has 0 spiro atoms. The van der Waals surface area contributed by atoms with Crippen LogP contribution in [0.15, 0.2) is 24.3 Å². The average Bonchev–Trinajstić information content (AvgIpc) is 2.71. The van der Waals surface area contributed by atoms with Gasteiger partial charge >= 0.3 is 5.97 Å². The lowest BCUT2D eigenvalue weighted by Gasteiger charge is -2.03. The molecule has 0 amide bonds. The van der Waals surface area contributed by atoms with Gasteiger partial charge in [0.15, 0.2) is 0 Å². The van der Waals surface area contributed by atoms with E-state index in [1.165, 1.54) is 109 Å². The van der Waals surface area contributed by atoms with Crippen LogP contribution in [0.3, 0.4) is 0 Å². The van der Waals surface area contributed by atoms with Crippen molar-refractivity contribution in [2.24, 2.45) is 0 Å². The Balaban J connectivity index is 3.11. The molecular weight excluding hydrogens is 356 g/mol. The monoisotopic (exact) mass is 406 g/mol. The molecule has 0 saturated heterocycles. The summed E-state index contributed by atoms with van der Waals surface area (Å²) in [6.07, 6.45) is 35.6. The van der Waals surface area contributed by atoms with Crippen LogP contribution in [0.4, 0.5) is 0 Å². The molecule has 0 fully saturated rings. The van der Waals surface area contributed by atoms with Gasteiger partial charge in [0.1, 0.15) is 0 Å². The molecule has 2 nitrogen and oxygen atoms in total. The van der Waals surface area contributed by atoms with Gasteiger partial charge in [-0.05, 0) is 38.5 Å². The van der Waals surface area contributed by atoms with Crippen LogP contribution in [0.2, 0.25) is 0 Å². The number of carboxylic acid groups (broad SMARTS) is 1. The maximum atomic E-state index is 10.4. The third kappa shape index (κ3) is 26.9. The summed E-state index contributed by atoms with van der Waals surface area (Å²) in [6, 6.07) is 0. The minimum absolute atomic E-state index is 0.341. The van der Waals surface area contributed by atoms with E-state index in [4.69, 9.17) is 5.11 Å². The molecule has 0 aliphatic heterocycles. The maximum absolute atomic E-state index is 10.4. The summed E-state index contributed by atoms with van der Waals surface area (Å²) in [6.45, 7) is 2.26. The SMILES string of the molecule is CCCCCC=CCC=CCCCCCCCCCCCCCCCCC(=O)O. The van der Waals surface area contributed by atoms with Crippen molar-refractivity contribution in [2.75, 3.05) is 0 Å². The van der Waals surface area contributed by atoms with Crippen molar-refractivity contribution in [1.29, 1.82) is 0 Å². The van der Waals surface area contributed by atoms with Crippen molar-refractivity contribution < 1.29 is 9.90 Å². The second kappa shape index (κ2) is 25.0. The number of hydrogen-bond acceptors (Lipinski definition) is 1. The molecule has 0 unspecified atom stereocenters. The Kier molecular flexibility index (Phi) is 24.1. The molecule has 2 heteroatoms. The Morgan fingerprint density at radius 3 is 1.34 bits per heavy atom. The molecule has 0 aliphatic carbocycles. The topological polar surface area (TPSA) is 37.3 Å². The molecule has 0 rings (SSSR count). The first-order chi connectivity index (χ1) is 14.3. The molecule has 0 atom stereocenters. The van der Waals surface area contributed by atoms with Gasteiger partial charge in [0.25, 0.3) is 0 Å². The minimum atomic E-state index is -0.654.